The Bertz CT molecular complexity index is 909. The molecule has 0 fully saturated rings. The van der Waals surface area contributed by atoms with E-state index in [-0.39, 0.29) is 0 Å². The summed E-state index contributed by atoms with van der Waals surface area (Å²) in [7, 11) is -1.19. The van der Waals surface area contributed by atoms with Crippen LogP contribution in [0.3, 0.4) is 0 Å². The third-order valence-corrected chi connectivity index (χ3v) is 5.55. The fourth-order valence-electron chi connectivity index (χ4n) is 2.98. The first-order valence-corrected chi connectivity index (χ1v) is 10.2. The number of pyridine rings is 1. The zero-order valence-corrected chi connectivity index (χ0v) is 16.0. The van der Waals surface area contributed by atoms with Gasteiger partial charge in [-0.25, -0.2) is 19.9 Å². The average molecular weight is 372 g/mol. The highest BCUT2D eigenvalue weighted by atomic mass is 32.2. The minimum Gasteiger partial charge on any atom is -0.382 e. The van der Waals surface area contributed by atoms with E-state index in [9.17, 15) is 4.21 Å². The quantitative estimate of drug-likeness (QED) is 0.610. The van der Waals surface area contributed by atoms with Crippen molar-refractivity contribution in [3.05, 3.63) is 36.0 Å². The second-order valence-corrected chi connectivity index (χ2v) is 7.71. The Morgan fingerprint density at radius 3 is 2.69 bits per heavy atom. The average Bonchev–Trinajstić information content (AvgIpc) is 3.03. The number of nitrogen functional groups attached to an aromatic ring is 1. The molecular formula is C18H24N6OS. The van der Waals surface area contributed by atoms with Crippen LogP contribution in [0.5, 0.6) is 0 Å². The summed E-state index contributed by atoms with van der Waals surface area (Å²) in [6.45, 7) is 4.92. The van der Waals surface area contributed by atoms with Crippen LogP contribution in [0, 0.1) is 6.92 Å². The van der Waals surface area contributed by atoms with E-state index in [2.05, 4.69) is 26.4 Å². The highest BCUT2D eigenvalue weighted by molar-refractivity contribution is 7.84. The van der Waals surface area contributed by atoms with Gasteiger partial charge in [0.05, 0.1) is 16.3 Å². The predicted molar refractivity (Wildman–Crippen MR) is 103 cm³/mol. The summed E-state index contributed by atoms with van der Waals surface area (Å²) in [5.41, 5.74) is 8.89. The third kappa shape index (κ3) is 3.90. The Morgan fingerprint density at radius 1 is 1.19 bits per heavy atom. The lowest BCUT2D eigenvalue weighted by molar-refractivity contribution is 0.626. The number of imidazole rings is 1. The molecule has 3 heterocycles. The highest BCUT2D eigenvalue weighted by Gasteiger charge is 2.16. The number of nitrogens with two attached hydrogens (primary N) is 1. The number of nitrogens with zero attached hydrogens (tertiary/aromatic N) is 5. The van der Waals surface area contributed by atoms with Gasteiger partial charge in [0, 0.05) is 37.3 Å². The maximum atomic E-state index is 12.3. The van der Waals surface area contributed by atoms with E-state index >= 15 is 0 Å². The van der Waals surface area contributed by atoms with E-state index in [1.807, 2.05) is 6.92 Å². The van der Waals surface area contributed by atoms with Crippen LogP contribution in [0.2, 0.25) is 0 Å². The number of hydrogen-bond acceptors (Lipinski definition) is 6. The molecule has 0 radical (unpaired) electrons. The summed E-state index contributed by atoms with van der Waals surface area (Å²) >= 11 is 0. The normalized spacial score (nSPS) is 12.5. The van der Waals surface area contributed by atoms with Gasteiger partial charge in [0.2, 0.25) is 5.16 Å². The van der Waals surface area contributed by atoms with Crippen molar-refractivity contribution in [1.29, 1.82) is 0 Å². The minimum absolute atomic E-state index is 0.388. The van der Waals surface area contributed by atoms with E-state index in [1.54, 1.807) is 24.7 Å². The predicted octanol–water partition coefficient (Wildman–Crippen LogP) is 2.65. The molecule has 8 heteroatoms. The zero-order chi connectivity index (χ0) is 18.5. The van der Waals surface area contributed by atoms with Crippen LogP contribution in [0.25, 0.3) is 11.0 Å². The number of aromatic nitrogens is 5. The lowest BCUT2D eigenvalue weighted by Gasteiger charge is -2.10. The van der Waals surface area contributed by atoms with Crippen molar-refractivity contribution in [3.8, 4) is 0 Å². The summed E-state index contributed by atoms with van der Waals surface area (Å²) in [6.07, 6.45) is 8.84. The van der Waals surface area contributed by atoms with Gasteiger partial charge in [-0.2, -0.15) is 0 Å². The van der Waals surface area contributed by atoms with Crippen LogP contribution < -0.4 is 5.73 Å². The highest BCUT2D eigenvalue weighted by Crippen LogP contribution is 2.25. The maximum absolute atomic E-state index is 12.3. The van der Waals surface area contributed by atoms with Crippen LogP contribution >= 0.6 is 0 Å². The second-order valence-electron chi connectivity index (χ2n) is 6.24. The van der Waals surface area contributed by atoms with Crippen molar-refractivity contribution in [2.45, 2.75) is 51.2 Å². The first-order valence-electron chi connectivity index (χ1n) is 8.87. The molecular weight excluding hydrogens is 348 g/mol. The lowest BCUT2D eigenvalue weighted by atomic mass is 10.2. The van der Waals surface area contributed by atoms with Crippen LogP contribution in [0.1, 0.15) is 37.6 Å². The molecule has 7 nitrogen and oxygen atoms in total. The number of anilines is 1. The summed E-state index contributed by atoms with van der Waals surface area (Å²) in [5.74, 6) is 1.99. The molecule has 0 aromatic carbocycles. The molecule has 3 aromatic rings. The lowest BCUT2D eigenvalue weighted by Crippen LogP contribution is -2.09. The summed E-state index contributed by atoms with van der Waals surface area (Å²) in [6, 6.07) is 1.72. The molecule has 3 aromatic heterocycles. The Labute approximate surface area is 155 Å². The van der Waals surface area contributed by atoms with Crippen molar-refractivity contribution in [3.63, 3.8) is 0 Å². The molecule has 0 saturated carbocycles. The monoisotopic (exact) mass is 372 g/mol. The van der Waals surface area contributed by atoms with Gasteiger partial charge in [-0.3, -0.25) is 4.21 Å². The van der Waals surface area contributed by atoms with E-state index in [1.165, 1.54) is 0 Å². The van der Waals surface area contributed by atoms with Gasteiger partial charge >= 0.3 is 0 Å². The van der Waals surface area contributed by atoms with Gasteiger partial charge < -0.3 is 10.3 Å². The zero-order valence-electron chi connectivity index (χ0n) is 15.2. The molecule has 0 aliphatic carbocycles. The fraction of sp³-hybridized carbons (Fsp3) is 0.444. The summed E-state index contributed by atoms with van der Waals surface area (Å²) in [4.78, 5) is 17.1. The Hall–Kier alpha value is -2.35. The van der Waals surface area contributed by atoms with Crippen molar-refractivity contribution in [2.75, 3.05) is 11.5 Å². The van der Waals surface area contributed by atoms with E-state index < -0.39 is 10.8 Å². The SMILES string of the molecule is CCCCc1nc2c(N)ncc(C)c2n1CCCS(=O)c1ncccn1. The van der Waals surface area contributed by atoms with E-state index in [0.717, 1.165) is 54.6 Å². The van der Waals surface area contributed by atoms with Crippen LogP contribution in [-0.4, -0.2) is 34.5 Å². The number of hydrogen-bond donors (Lipinski definition) is 1. The van der Waals surface area contributed by atoms with Gasteiger partial charge in [-0.15, -0.1) is 0 Å². The topological polar surface area (TPSA) is 99.6 Å². The van der Waals surface area contributed by atoms with E-state index in [4.69, 9.17) is 10.7 Å². The molecule has 0 spiro atoms. The van der Waals surface area contributed by atoms with Gasteiger partial charge in [-0.05, 0) is 31.4 Å². The Balaban J connectivity index is 1.81. The molecule has 1 atom stereocenters. The molecule has 3 rings (SSSR count). The summed E-state index contributed by atoms with van der Waals surface area (Å²) < 4.78 is 14.6. The van der Waals surface area contributed by atoms with Gasteiger partial charge in [0.1, 0.15) is 11.3 Å². The molecule has 0 aliphatic rings. The first kappa shape index (κ1) is 18.4. The standard InChI is InChI=1S/C18H24N6OS/c1-3-4-7-14-23-15-16(13(2)12-22-17(15)19)24(14)10-6-11-26(25)18-20-8-5-9-21-18/h5,8-9,12H,3-4,6-7,10-11H2,1-2H3,(H2,19,22). The number of rotatable bonds is 8. The third-order valence-electron chi connectivity index (χ3n) is 4.27. The largest absolute Gasteiger partial charge is 0.382 e. The molecule has 1 unspecified atom stereocenters. The molecule has 0 bridgehead atoms. The second kappa shape index (κ2) is 8.35. The van der Waals surface area contributed by atoms with Crippen LogP contribution in [0.4, 0.5) is 5.82 Å². The molecule has 138 valence electrons. The Kier molecular flexibility index (Phi) is 5.92. The number of fused-ring (bicyclic) bond motifs is 1. The molecule has 26 heavy (non-hydrogen) atoms. The maximum Gasteiger partial charge on any atom is 0.218 e. The summed E-state index contributed by atoms with van der Waals surface area (Å²) in [5, 5.41) is 0.388. The Morgan fingerprint density at radius 2 is 1.96 bits per heavy atom. The van der Waals surface area contributed by atoms with E-state index in [0.29, 0.717) is 16.7 Å². The minimum atomic E-state index is -1.19. The molecule has 2 N–H and O–H groups in total. The number of aryl methyl sites for hydroxylation is 3. The fourth-order valence-corrected chi connectivity index (χ4v) is 3.91. The smallest absolute Gasteiger partial charge is 0.218 e. The van der Waals surface area contributed by atoms with Crippen LogP contribution in [-0.2, 0) is 23.8 Å². The van der Waals surface area contributed by atoms with Gasteiger partial charge in [0.15, 0.2) is 5.82 Å². The first-order chi connectivity index (χ1) is 12.6. The van der Waals surface area contributed by atoms with Crippen molar-refractivity contribution in [2.24, 2.45) is 0 Å². The molecule has 0 aliphatic heterocycles. The van der Waals surface area contributed by atoms with Gasteiger partial charge in [-0.1, -0.05) is 13.3 Å². The number of unbranched alkanes of at least 4 members (excludes halogenated alkanes) is 1. The molecule has 0 saturated heterocycles. The molecule has 0 amide bonds. The van der Waals surface area contributed by atoms with Crippen LogP contribution in [0.15, 0.2) is 29.8 Å². The van der Waals surface area contributed by atoms with Gasteiger partial charge in [0.25, 0.3) is 0 Å². The van der Waals surface area contributed by atoms with Crippen molar-refractivity contribution >= 4 is 27.7 Å². The van der Waals surface area contributed by atoms with Crippen molar-refractivity contribution in [1.82, 2.24) is 24.5 Å². The van der Waals surface area contributed by atoms with Crippen molar-refractivity contribution < 1.29 is 4.21 Å².